The average Bonchev–Trinajstić information content (AvgIpc) is 2.97. The summed E-state index contributed by atoms with van der Waals surface area (Å²) in [6.07, 6.45) is 3.36. The summed E-state index contributed by atoms with van der Waals surface area (Å²) in [5.41, 5.74) is 2.68. The second-order valence-corrected chi connectivity index (χ2v) is 6.71. The summed E-state index contributed by atoms with van der Waals surface area (Å²) >= 11 is 0. The van der Waals surface area contributed by atoms with Gasteiger partial charge in [0.15, 0.2) is 0 Å². The zero-order valence-electron chi connectivity index (χ0n) is 16.4. The fourth-order valence-corrected chi connectivity index (χ4v) is 3.10. The smallest absolute Gasteiger partial charge is 0.119 e. The molecule has 5 nitrogen and oxygen atoms in total. The van der Waals surface area contributed by atoms with Crippen molar-refractivity contribution in [2.24, 2.45) is 0 Å². The summed E-state index contributed by atoms with van der Waals surface area (Å²) in [5.74, 6) is 0.923. The predicted octanol–water partition coefficient (Wildman–Crippen LogP) is 2.72. The molecule has 25 heavy (non-hydrogen) atoms. The summed E-state index contributed by atoms with van der Waals surface area (Å²) in [4.78, 5) is 4.66. The fraction of sp³-hybridized carbons (Fsp3) is 0.600. The molecule has 0 fully saturated rings. The molecule has 0 aliphatic carbocycles. The molecular formula is C20H33N3O2. The summed E-state index contributed by atoms with van der Waals surface area (Å²) in [7, 11) is 7.73. The molecule has 0 amide bonds. The number of likely N-dealkylation sites (N-methyl/N-ethyl adjacent to an activating group) is 2. The maximum Gasteiger partial charge on any atom is 0.119 e. The Morgan fingerprint density at radius 3 is 2.52 bits per heavy atom. The highest BCUT2D eigenvalue weighted by atomic mass is 16.5. The molecule has 1 heterocycles. The van der Waals surface area contributed by atoms with E-state index in [9.17, 15) is 0 Å². The second-order valence-electron chi connectivity index (χ2n) is 6.71. The van der Waals surface area contributed by atoms with Crippen LogP contribution >= 0.6 is 0 Å². The van der Waals surface area contributed by atoms with Crippen molar-refractivity contribution in [1.82, 2.24) is 14.4 Å². The molecular weight excluding hydrogens is 314 g/mol. The van der Waals surface area contributed by atoms with Crippen molar-refractivity contribution in [2.45, 2.75) is 19.9 Å². The van der Waals surface area contributed by atoms with E-state index in [4.69, 9.17) is 9.47 Å². The highest BCUT2D eigenvalue weighted by Gasteiger charge is 2.11. The molecule has 2 aromatic rings. The minimum atomic E-state index is 0.783. The third kappa shape index (κ3) is 5.46. The van der Waals surface area contributed by atoms with E-state index in [-0.39, 0.29) is 0 Å². The number of fused-ring (bicyclic) bond motifs is 1. The van der Waals surface area contributed by atoms with E-state index in [0.29, 0.717) is 0 Å². The Bertz CT molecular complexity index is 652. The Balaban J connectivity index is 2.20. The number of methoxy groups -OCH3 is 2. The molecule has 0 N–H and O–H groups in total. The van der Waals surface area contributed by atoms with Crippen LogP contribution in [-0.4, -0.2) is 75.5 Å². The third-order valence-electron chi connectivity index (χ3n) is 4.72. The first kappa shape index (κ1) is 19.8. The summed E-state index contributed by atoms with van der Waals surface area (Å²) in [5, 5.41) is 1.31. The SMILES string of the molecule is CCN(CCOC)CCn1cc(CCN(C)C)c2cc(OC)ccc21. The topological polar surface area (TPSA) is 29.9 Å². The number of rotatable bonds is 11. The van der Waals surface area contributed by atoms with Crippen molar-refractivity contribution in [3.63, 3.8) is 0 Å². The van der Waals surface area contributed by atoms with Gasteiger partial charge in [-0.3, -0.25) is 4.90 Å². The molecule has 140 valence electrons. The molecule has 0 unspecified atom stereocenters. The molecule has 1 aromatic carbocycles. The van der Waals surface area contributed by atoms with Crippen LogP contribution in [0.15, 0.2) is 24.4 Å². The maximum atomic E-state index is 5.43. The lowest BCUT2D eigenvalue weighted by Gasteiger charge is -2.20. The van der Waals surface area contributed by atoms with Gasteiger partial charge >= 0.3 is 0 Å². The van der Waals surface area contributed by atoms with Crippen LogP contribution in [-0.2, 0) is 17.7 Å². The van der Waals surface area contributed by atoms with Crippen LogP contribution in [0.3, 0.4) is 0 Å². The number of ether oxygens (including phenoxy) is 2. The first-order valence-corrected chi connectivity index (χ1v) is 9.10. The molecule has 2 rings (SSSR count). The van der Waals surface area contributed by atoms with Gasteiger partial charge in [-0.05, 0) is 50.8 Å². The number of benzene rings is 1. The zero-order valence-corrected chi connectivity index (χ0v) is 16.4. The normalized spacial score (nSPS) is 11.8. The van der Waals surface area contributed by atoms with E-state index >= 15 is 0 Å². The van der Waals surface area contributed by atoms with E-state index in [1.165, 1.54) is 16.5 Å². The lowest BCUT2D eigenvalue weighted by Crippen LogP contribution is -2.30. The highest BCUT2D eigenvalue weighted by Crippen LogP contribution is 2.26. The molecule has 0 bridgehead atoms. The van der Waals surface area contributed by atoms with Gasteiger partial charge in [0.2, 0.25) is 0 Å². The van der Waals surface area contributed by atoms with Crippen molar-refractivity contribution in [1.29, 1.82) is 0 Å². The summed E-state index contributed by atoms with van der Waals surface area (Å²) in [6.45, 7) is 8.08. The Morgan fingerprint density at radius 1 is 1.08 bits per heavy atom. The Morgan fingerprint density at radius 2 is 1.88 bits per heavy atom. The zero-order chi connectivity index (χ0) is 18.2. The average molecular weight is 348 g/mol. The number of hydrogen-bond donors (Lipinski definition) is 0. The van der Waals surface area contributed by atoms with Gasteiger partial charge in [-0.1, -0.05) is 6.92 Å². The molecule has 0 spiro atoms. The van der Waals surface area contributed by atoms with Gasteiger partial charge in [-0.15, -0.1) is 0 Å². The van der Waals surface area contributed by atoms with Crippen LogP contribution in [0.4, 0.5) is 0 Å². The van der Waals surface area contributed by atoms with Crippen molar-refractivity contribution >= 4 is 10.9 Å². The quantitative estimate of drug-likeness (QED) is 0.625. The first-order chi connectivity index (χ1) is 12.1. The van der Waals surface area contributed by atoms with E-state index in [1.807, 2.05) is 0 Å². The number of hydrogen-bond acceptors (Lipinski definition) is 4. The predicted molar refractivity (Wildman–Crippen MR) is 105 cm³/mol. The molecule has 1 aromatic heterocycles. The van der Waals surface area contributed by atoms with E-state index < -0.39 is 0 Å². The largest absolute Gasteiger partial charge is 0.497 e. The van der Waals surface area contributed by atoms with Crippen LogP contribution in [0, 0.1) is 0 Å². The number of nitrogens with zero attached hydrogens (tertiary/aromatic N) is 3. The highest BCUT2D eigenvalue weighted by molar-refractivity contribution is 5.85. The van der Waals surface area contributed by atoms with Gasteiger partial charge < -0.3 is 18.9 Å². The standard InChI is InChI=1S/C20H33N3O2/c1-6-22(13-14-24-4)11-12-23-16-17(9-10-21(2)3)19-15-18(25-5)7-8-20(19)23/h7-8,15-16H,6,9-14H2,1-5H3. The molecule has 0 saturated heterocycles. The van der Waals surface area contributed by atoms with Gasteiger partial charge in [0.05, 0.1) is 13.7 Å². The van der Waals surface area contributed by atoms with Crippen molar-refractivity contribution in [3.8, 4) is 5.75 Å². The molecule has 0 saturated carbocycles. The Kier molecular flexibility index (Phi) is 7.75. The summed E-state index contributed by atoms with van der Waals surface area (Å²) < 4.78 is 13.0. The minimum absolute atomic E-state index is 0.783. The van der Waals surface area contributed by atoms with Crippen LogP contribution < -0.4 is 4.74 Å². The van der Waals surface area contributed by atoms with Gasteiger partial charge in [0, 0.05) is 50.4 Å². The van der Waals surface area contributed by atoms with E-state index in [0.717, 1.165) is 51.5 Å². The Hall–Kier alpha value is -1.56. The Labute approximate surface area is 152 Å². The van der Waals surface area contributed by atoms with Crippen LogP contribution in [0.2, 0.25) is 0 Å². The minimum Gasteiger partial charge on any atom is -0.497 e. The molecule has 0 atom stereocenters. The van der Waals surface area contributed by atoms with Crippen LogP contribution in [0.25, 0.3) is 10.9 Å². The van der Waals surface area contributed by atoms with Crippen LogP contribution in [0.5, 0.6) is 5.75 Å². The van der Waals surface area contributed by atoms with Crippen molar-refractivity contribution in [2.75, 3.05) is 61.1 Å². The molecule has 0 radical (unpaired) electrons. The second kappa shape index (κ2) is 9.80. The van der Waals surface area contributed by atoms with E-state index in [2.05, 4.69) is 59.8 Å². The lowest BCUT2D eigenvalue weighted by atomic mass is 10.1. The van der Waals surface area contributed by atoms with Gasteiger partial charge in [-0.2, -0.15) is 0 Å². The molecule has 5 heteroatoms. The lowest BCUT2D eigenvalue weighted by molar-refractivity contribution is 0.149. The molecule has 0 aliphatic rings. The van der Waals surface area contributed by atoms with Gasteiger partial charge in [-0.25, -0.2) is 0 Å². The van der Waals surface area contributed by atoms with Crippen molar-refractivity contribution in [3.05, 3.63) is 30.0 Å². The first-order valence-electron chi connectivity index (χ1n) is 9.10. The summed E-state index contributed by atoms with van der Waals surface area (Å²) in [6, 6.07) is 6.40. The van der Waals surface area contributed by atoms with Gasteiger partial charge in [0.1, 0.15) is 5.75 Å². The molecule has 0 aliphatic heterocycles. The maximum absolute atomic E-state index is 5.43. The monoisotopic (exact) mass is 347 g/mol. The third-order valence-corrected chi connectivity index (χ3v) is 4.72. The van der Waals surface area contributed by atoms with E-state index in [1.54, 1.807) is 14.2 Å². The fourth-order valence-electron chi connectivity index (χ4n) is 3.10. The van der Waals surface area contributed by atoms with Gasteiger partial charge in [0.25, 0.3) is 0 Å². The number of aromatic nitrogens is 1. The van der Waals surface area contributed by atoms with Crippen LogP contribution in [0.1, 0.15) is 12.5 Å². The van der Waals surface area contributed by atoms with Crippen molar-refractivity contribution < 1.29 is 9.47 Å².